The van der Waals surface area contributed by atoms with Gasteiger partial charge in [0.1, 0.15) is 4.88 Å². The minimum absolute atomic E-state index is 0.166. The van der Waals surface area contributed by atoms with Crippen molar-refractivity contribution < 1.29 is 4.79 Å². The zero-order chi connectivity index (χ0) is 15.6. The van der Waals surface area contributed by atoms with E-state index in [9.17, 15) is 4.79 Å². The predicted molar refractivity (Wildman–Crippen MR) is 93.3 cm³/mol. The average Bonchev–Trinajstić information content (AvgIpc) is 2.79. The number of carbonyl (C=O) groups is 1. The van der Waals surface area contributed by atoms with Gasteiger partial charge in [0.05, 0.1) is 15.6 Å². The molecule has 1 aliphatic rings. The number of hydrogen-bond acceptors (Lipinski definition) is 3. The van der Waals surface area contributed by atoms with Crippen molar-refractivity contribution in [2.45, 2.75) is 51.5 Å². The van der Waals surface area contributed by atoms with Crippen molar-refractivity contribution >= 4 is 46.1 Å². The molecule has 21 heavy (non-hydrogen) atoms. The Morgan fingerprint density at radius 1 is 1.57 bits per heavy atom. The molecule has 1 amide bonds. The Bertz CT molecular complexity index is 548. The van der Waals surface area contributed by atoms with Gasteiger partial charge in [0.15, 0.2) is 0 Å². The molecule has 0 saturated heterocycles. The van der Waals surface area contributed by atoms with Gasteiger partial charge >= 0.3 is 0 Å². The highest BCUT2D eigenvalue weighted by molar-refractivity contribution is 7.80. The summed E-state index contributed by atoms with van der Waals surface area (Å²) >= 11 is 12.8. The molecule has 0 radical (unpaired) electrons. The second-order valence-electron chi connectivity index (χ2n) is 5.81. The second kappa shape index (κ2) is 6.63. The van der Waals surface area contributed by atoms with Crippen LogP contribution in [0.5, 0.6) is 0 Å². The Kier molecular flexibility index (Phi) is 5.28. The van der Waals surface area contributed by atoms with E-state index in [2.05, 4.69) is 12.2 Å². The summed E-state index contributed by atoms with van der Waals surface area (Å²) in [7, 11) is 0. The first kappa shape index (κ1) is 16.7. The van der Waals surface area contributed by atoms with Crippen LogP contribution in [0, 0.1) is 12.8 Å². The summed E-state index contributed by atoms with van der Waals surface area (Å²) < 4.78 is 0. The lowest BCUT2D eigenvalue weighted by Crippen LogP contribution is -2.58. The number of rotatable bonds is 4. The summed E-state index contributed by atoms with van der Waals surface area (Å²) in [5.74, 6) is 0.540. The Morgan fingerprint density at radius 2 is 2.19 bits per heavy atom. The van der Waals surface area contributed by atoms with Gasteiger partial charge in [-0.15, -0.1) is 11.3 Å². The number of aryl methyl sites for hydroxylation is 1. The van der Waals surface area contributed by atoms with Crippen molar-refractivity contribution in [2.75, 3.05) is 0 Å². The van der Waals surface area contributed by atoms with E-state index in [1.54, 1.807) is 0 Å². The number of nitrogens with two attached hydrogens (primary N) is 1. The molecule has 0 bridgehead atoms. The molecule has 116 valence electrons. The minimum Gasteiger partial charge on any atom is -0.391 e. The van der Waals surface area contributed by atoms with E-state index in [4.69, 9.17) is 29.6 Å². The molecule has 0 unspecified atom stereocenters. The van der Waals surface area contributed by atoms with E-state index < -0.39 is 5.54 Å². The smallest absolute Gasteiger partial charge is 0.263 e. The maximum absolute atomic E-state index is 12.5. The van der Waals surface area contributed by atoms with E-state index >= 15 is 0 Å². The molecule has 1 aromatic rings. The van der Waals surface area contributed by atoms with Gasteiger partial charge in [-0.2, -0.15) is 0 Å². The third-order valence-electron chi connectivity index (χ3n) is 4.47. The van der Waals surface area contributed by atoms with Crippen LogP contribution in [0.2, 0.25) is 5.02 Å². The topological polar surface area (TPSA) is 55.1 Å². The normalized spacial score (nSPS) is 25.6. The Balaban J connectivity index is 2.16. The monoisotopic (exact) mass is 344 g/mol. The van der Waals surface area contributed by atoms with Crippen molar-refractivity contribution in [3.8, 4) is 0 Å². The standard InChI is InChI=1S/C15H21ClN2OS2/c1-3-10-4-6-15(7-5-10,14(17)20)18-13(19)12-11(16)9(2)8-21-12/h8,10H,3-7H2,1-2H3,(H2,17,20)(H,18,19). The van der Waals surface area contributed by atoms with Crippen LogP contribution in [-0.2, 0) is 0 Å². The lowest BCUT2D eigenvalue weighted by Gasteiger charge is -2.39. The number of amides is 1. The SMILES string of the molecule is CCC1CCC(NC(=O)c2scc(C)c2Cl)(C(N)=S)CC1. The number of nitrogens with one attached hydrogen (secondary N) is 1. The number of halogens is 1. The number of carbonyl (C=O) groups excluding carboxylic acids is 1. The highest BCUT2D eigenvalue weighted by Crippen LogP contribution is 2.35. The van der Waals surface area contributed by atoms with Crippen LogP contribution in [0.1, 0.15) is 54.3 Å². The van der Waals surface area contributed by atoms with E-state index in [0.717, 1.165) is 37.7 Å². The van der Waals surface area contributed by atoms with E-state index in [0.29, 0.717) is 20.8 Å². The molecule has 1 aliphatic carbocycles. The van der Waals surface area contributed by atoms with Crippen molar-refractivity contribution in [1.29, 1.82) is 0 Å². The molecule has 0 atom stereocenters. The fourth-order valence-corrected chi connectivity index (χ4v) is 4.30. The molecular formula is C15H21ClN2OS2. The van der Waals surface area contributed by atoms with Crippen LogP contribution < -0.4 is 11.1 Å². The van der Waals surface area contributed by atoms with Gasteiger partial charge in [0.2, 0.25) is 0 Å². The van der Waals surface area contributed by atoms with Crippen molar-refractivity contribution in [3.05, 3.63) is 20.8 Å². The Morgan fingerprint density at radius 3 is 2.62 bits per heavy atom. The minimum atomic E-state index is -0.556. The molecule has 1 saturated carbocycles. The van der Waals surface area contributed by atoms with Crippen LogP contribution in [0.4, 0.5) is 0 Å². The first-order valence-electron chi connectivity index (χ1n) is 7.25. The zero-order valence-electron chi connectivity index (χ0n) is 12.4. The fourth-order valence-electron chi connectivity index (χ4n) is 2.87. The molecular weight excluding hydrogens is 324 g/mol. The van der Waals surface area contributed by atoms with E-state index in [-0.39, 0.29) is 5.91 Å². The first-order chi connectivity index (χ1) is 9.89. The fraction of sp³-hybridized carbons (Fsp3) is 0.600. The highest BCUT2D eigenvalue weighted by atomic mass is 35.5. The second-order valence-corrected chi connectivity index (χ2v) is 7.51. The van der Waals surface area contributed by atoms with Gasteiger partial charge in [0, 0.05) is 0 Å². The average molecular weight is 345 g/mol. The van der Waals surface area contributed by atoms with Gasteiger partial charge in [0.25, 0.3) is 5.91 Å². The summed E-state index contributed by atoms with van der Waals surface area (Å²) in [5.41, 5.74) is 6.31. The lowest BCUT2D eigenvalue weighted by atomic mass is 9.75. The Hall–Kier alpha value is -0.650. The van der Waals surface area contributed by atoms with Crippen LogP contribution in [-0.4, -0.2) is 16.4 Å². The molecule has 0 spiro atoms. The van der Waals surface area contributed by atoms with Crippen LogP contribution >= 0.6 is 35.2 Å². The molecule has 1 aromatic heterocycles. The summed E-state index contributed by atoms with van der Waals surface area (Å²) in [5, 5.41) is 5.48. The van der Waals surface area contributed by atoms with Gasteiger partial charge in [-0.05, 0) is 49.5 Å². The van der Waals surface area contributed by atoms with Gasteiger partial charge in [-0.3, -0.25) is 4.79 Å². The largest absolute Gasteiger partial charge is 0.391 e. The van der Waals surface area contributed by atoms with E-state index in [1.807, 2.05) is 12.3 Å². The Labute approximate surface area is 140 Å². The van der Waals surface area contributed by atoms with Gasteiger partial charge in [-0.25, -0.2) is 0 Å². The molecule has 3 nitrogen and oxygen atoms in total. The number of thiocarbonyl (C=S) groups is 1. The highest BCUT2D eigenvalue weighted by Gasteiger charge is 2.39. The van der Waals surface area contributed by atoms with Gasteiger partial charge < -0.3 is 11.1 Å². The molecule has 0 aliphatic heterocycles. The molecule has 3 N–H and O–H groups in total. The molecule has 1 heterocycles. The summed E-state index contributed by atoms with van der Waals surface area (Å²) in [6.45, 7) is 4.09. The summed E-state index contributed by atoms with van der Waals surface area (Å²) in [6.07, 6.45) is 4.89. The van der Waals surface area contributed by atoms with Crippen molar-refractivity contribution in [1.82, 2.24) is 5.32 Å². The zero-order valence-corrected chi connectivity index (χ0v) is 14.8. The first-order valence-corrected chi connectivity index (χ1v) is 8.92. The third-order valence-corrected chi connectivity index (χ3v) is 6.55. The van der Waals surface area contributed by atoms with E-state index in [1.165, 1.54) is 11.3 Å². The van der Waals surface area contributed by atoms with Crippen molar-refractivity contribution in [3.63, 3.8) is 0 Å². The van der Waals surface area contributed by atoms with Crippen LogP contribution in [0.3, 0.4) is 0 Å². The maximum Gasteiger partial charge on any atom is 0.263 e. The third kappa shape index (κ3) is 3.41. The number of hydrogen-bond donors (Lipinski definition) is 2. The van der Waals surface area contributed by atoms with Crippen molar-refractivity contribution in [2.24, 2.45) is 11.7 Å². The quantitative estimate of drug-likeness (QED) is 0.810. The molecule has 1 fully saturated rings. The lowest BCUT2D eigenvalue weighted by molar-refractivity contribution is 0.0902. The molecule has 6 heteroatoms. The summed E-state index contributed by atoms with van der Waals surface area (Å²) in [4.78, 5) is 13.4. The predicted octanol–water partition coefficient (Wildman–Crippen LogP) is 4.06. The van der Waals surface area contributed by atoms with Crippen LogP contribution in [0.15, 0.2) is 5.38 Å². The van der Waals surface area contributed by atoms with Gasteiger partial charge in [-0.1, -0.05) is 37.2 Å². The molecule has 2 rings (SSSR count). The molecule has 0 aromatic carbocycles. The summed E-state index contributed by atoms with van der Waals surface area (Å²) in [6, 6.07) is 0. The number of thiophene rings is 1. The van der Waals surface area contributed by atoms with Crippen LogP contribution in [0.25, 0.3) is 0 Å². The maximum atomic E-state index is 12.5.